The second kappa shape index (κ2) is 47.2. The van der Waals surface area contributed by atoms with Gasteiger partial charge in [0.05, 0.1) is 11.4 Å². The van der Waals surface area contributed by atoms with Gasteiger partial charge in [-0.15, -0.1) is 12.4 Å². The Balaban J connectivity index is 0.000000146. The van der Waals surface area contributed by atoms with Crippen LogP contribution >= 0.6 is 66.7 Å². The van der Waals surface area contributed by atoms with Crippen LogP contribution in [-0.2, 0) is 47.2 Å². The second-order valence-corrected chi connectivity index (χ2v) is 58.8. The number of nitrogens with one attached hydrogen (secondary N) is 1. The fourth-order valence-corrected chi connectivity index (χ4v) is 27.4. The molecular formula is C104H145Cl3I3LiN7O2Zr+. The zero-order valence-electron chi connectivity index (χ0n) is 75.8. The number of aliphatic hydroxyl groups excluding tert-OH is 1. The maximum absolute atomic E-state index is 11.1. The topological polar surface area (TPSA) is 106 Å². The molecule has 3 saturated heterocycles. The van der Waals surface area contributed by atoms with Crippen molar-refractivity contribution in [3.8, 4) is 22.5 Å². The van der Waals surface area contributed by atoms with Crippen LogP contribution in [0, 0.1) is 124 Å². The van der Waals surface area contributed by atoms with Crippen LogP contribution in [0.1, 0.15) is 243 Å². The molecule has 21 unspecified atom stereocenters. The van der Waals surface area contributed by atoms with Crippen molar-refractivity contribution < 1.29 is 68.4 Å². The number of Topliss-reactive ketones (excluding diaryl/α,β-unsaturated/α-hetero) is 1. The van der Waals surface area contributed by atoms with E-state index >= 15 is 0 Å². The maximum Gasteiger partial charge on any atom is 1.00 e. The first-order valence-corrected chi connectivity index (χ1v) is 64.7. The average molecular weight is 2110 g/mol. The SMILES string of the molecule is CC1CCC2C(C1)C1CC3CCCCC3C1N2C.CC1CCC2C(C1)C1CC3CCCCC3C1N2C.CC1CCC2C(C1)C1CC3CCCCC3C1N2C.CCO.Cc1ccc(N=[NH2+])cc1.Cc1ccc2[nH]c3c(c2c1)Cc1ccccc1-3.Cc1ccc2c(c1)c1c(n2C)-c2ccccc2C1.Cl.I[I-]I.O=C1CCc2ccccc21.[CH3-].[CH3-].[Cl][Zr+2][Cl].[Li+]. The molecule has 2 aromatic heterocycles. The molecule has 9 nitrogen and oxygen atoms in total. The zero-order chi connectivity index (χ0) is 82.3. The molecule has 3 aliphatic heterocycles. The van der Waals surface area contributed by atoms with Crippen LogP contribution in [0.2, 0.25) is 0 Å². The minimum atomic E-state index is -0.826. The van der Waals surface area contributed by atoms with Gasteiger partial charge < -0.3 is 29.5 Å². The molecule has 9 saturated carbocycles. The standard InChI is InChI=1S/3C17H29N.C17H15N.C16H13N.C9H8O.C7H8N2.C2H6O.2CH3.3ClH.I3.Li.Zr/c4*1-11-7-8-16-14(9-11)15-10-12-5-3-4-6-13(12)17(15)18(16)2;1-10-6-7-15-13(8-10)14-9-11-4-2-3-5-12(11)16(14)17-15;10-9-6-5-7-3-1-2-4-8(7)9;1-6-2-4-7(9-8)5-3-6;1-2-3;;;;;;1-3-2;;/h3*11-17H,3-10H2,1-2H3;3-9H,10H2,1-2H3;2-8,17H,9H2,1H3;1-4H,5-6H2;2-5,8H,1H3;3H,2H2,1H3;2*1H3;3*1H;;;/q;;;;;;;;2*-1;;;;-1;+1;+4/p-1. The summed E-state index contributed by atoms with van der Waals surface area (Å²) < 4.78 is 2.34. The van der Waals surface area contributed by atoms with Gasteiger partial charge in [0.15, 0.2) is 5.78 Å². The van der Waals surface area contributed by atoms with Crippen LogP contribution in [0.5, 0.6) is 0 Å². The molecule has 0 amide bonds. The number of ketones is 1. The summed E-state index contributed by atoms with van der Waals surface area (Å²) in [4.78, 5) is 23.2. The minimum Gasteiger partial charge on any atom is 1.00 e. The van der Waals surface area contributed by atoms with E-state index in [1.54, 1.807) is 64.7 Å². The number of likely N-dealkylation sites (tertiary alicyclic amines) is 3. The van der Waals surface area contributed by atoms with E-state index in [1.165, 1.54) is 185 Å². The van der Waals surface area contributed by atoms with E-state index in [4.69, 9.17) is 27.7 Å². The molecule has 21 atom stereocenters. The minimum absolute atomic E-state index is 0. The number of aromatic amines is 1. The summed E-state index contributed by atoms with van der Waals surface area (Å²) in [7, 11) is 19.4. The molecule has 6 aromatic carbocycles. The summed E-state index contributed by atoms with van der Waals surface area (Å²) in [5.41, 5.74) is 25.9. The van der Waals surface area contributed by atoms with Crippen molar-refractivity contribution in [3.05, 3.63) is 198 Å². The molecule has 654 valence electrons. The van der Waals surface area contributed by atoms with Gasteiger partial charge in [0, 0.05) is 108 Å². The van der Waals surface area contributed by atoms with Crippen LogP contribution < -0.4 is 37.6 Å². The Hall–Kier alpha value is -1.95. The first-order valence-electron chi connectivity index (χ1n) is 45.8. The van der Waals surface area contributed by atoms with Crippen molar-refractivity contribution >= 4 is 99.9 Å². The van der Waals surface area contributed by atoms with Gasteiger partial charge in [-0.1, -0.05) is 192 Å². The Bertz CT molecular complexity index is 4460. The summed E-state index contributed by atoms with van der Waals surface area (Å²) in [6.45, 7) is 15.8. The number of nitrogens with two attached hydrogens (primary N) is 1. The molecule has 17 heteroatoms. The number of aryl methyl sites for hydroxylation is 5. The van der Waals surface area contributed by atoms with Crippen molar-refractivity contribution in [1.82, 2.24) is 24.3 Å². The van der Waals surface area contributed by atoms with Crippen molar-refractivity contribution in [3.63, 3.8) is 0 Å². The molecule has 121 heavy (non-hydrogen) atoms. The number of hydrogen-bond acceptors (Lipinski definition) is 6. The molecule has 0 bridgehead atoms. The van der Waals surface area contributed by atoms with Crippen LogP contribution in [0.25, 0.3) is 44.3 Å². The summed E-state index contributed by atoms with van der Waals surface area (Å²) in [5.74, 6) is 16.3. The third-order valence-corrected chi connectivity index (χ3v) is 32.2. The first kappa shape index (κ1) is 101. The van der Waals surface area contributed by atoms with Crippen LogP contribution in [-0.4, -0.2) is 99.1 Å². The maximum atomic E-state index is 11.1. The molecule has 0 spiro atoms. The van der Waals surface area contributed by atoms with Gasteiger partial charge in [0.25, 0.3) is 0 Å². The predicted octanol–water partition coefficient (Wildman–Crippen LogP) is 21.0. The van der Waals surface area contributed by atoms with Gasteiger partial charge >= 0.3 is 107 Å². The van der Waals surface area contributed by atoms with Gasteiger partial charge in [-0.2, -0.15) is 5.53 Å². The van der Waals surface area contributed by atoms with Crippen LogP contribution in [0.15, 0.2) is 139 Å². The molecule has 23 rings (SSSR count). The van der Waals surface area contributed by atoms with E-state index in [-0.39, 0.29) is 52.7 Å². The Kier molecular flexibility index (Phi) is 39.5. The number of H-pyrrole nitrogens is 1. The molecule has 5 heterocycles. The number of aliphatic hydroxyl groups is 1. The van der Waals surface area contributed by atoms with Gasteiger partial charge in [-0.25, -0.2) is 0 Å². The quantitative estimate of drug-likeness (QED) is 0.0657. The van der Waals surface area contributed by atoms with Crippen LogP contribution in [0.3, 0.4) is 0 Å². The third-order valence-electron chi connectivity index (χ3n) is 32.2. The van der Waals surface area contributed by atoms with Gasteiger partial charge in [0.2, 0.25) is 0 Å². The van der Waals surface area contributed by atoms with Crippen molar-refractivity contribution in [2.24, 2.45) is 101 Å². The average Bonchev–Trinajstić information content (AvgIpc) is 1.59. The Morgan fingerprint density at radius 1 is 0.488 bits per heavy atom. The number of hydrogen-bond donors (Lipinski definition) is 3. The predicted molar refractivity (Wildman–Crippen MR) is 520 cm³/mol. The van der Waals surface area contributed by atoms with E-state index < -0.39 is 20.8 Å². The monoisotopic (exact) mass is 2110 g/mol. The Morgan fingerprint density at radius 3 is 1.31 bits per heavy atom. The summed E-state index contributed by atoms with van der Waals surface area (Å²) >= 11 is 4.47. The normalized spacial score (nSPS) is 31.0. The van der Waals surface area contributed by atoms with Crippen molar-refractivity contribution in [2.45, 2.75) is 265 Å². The molecule has 12 fully saturated rings. The second-order valence-electron chi connectivity index (χ2n) is 38.8. The third kappa shape index (κ3) is 22.5. The van der Waals surface area contributed by atoms with Gasteiger partial charge in [-0.05, 0) is 310 Å². The van der Waals surface area contributed by atoms with E-state index in [9.17, 15) is 4.79 Å². The Labute approximate surface area is 797 Å². The zero-order valence-corrected chi connectivity index (χ0v) is 87.1. The number of aromatic nitrogens is 2. The molecule has 4 N–H and O–H groups in total. The van der Waals surface area contributed by atoms with E-state index in [0.717, 1.165) is 156 Å². The van der Waals surface area contributed by atoms with Gasteiger partial charge in [0.1, 0.15) is 5.69 Å². The molecule has 8 aromatic rings. The summed E-state index contributed by atoms with van der Waals surface area (Å²) in [5, 5.41) is 13.9. The van der Waals surface area contributed by atoms with Crippen LogP contribution in [0.4, 0.5) is 5.69 Å². The Morgan fingerprint density at radius 2 is 0.868 bits per heavy atom. The molecule has 0 radical (unpaired) electrons. The van der Waals surface area contributed by atoms with E-state index in [1.807, 2.05) is 55.5 Å². The summed E-state index contributed by atoms with van der Waals surface area (Å²) in [6.07, 6.45) is 40.5. The summed E-state index contributed by atoms with van der Waals surface area (Å²) in [6, 6.07) is 52.2. The number of carbonyl (C=O) groups is 1. The molecule has 12 aliphatic carbocycles. The van der Waals surface area contributed by atoms with E-state index in [2.05, 4.69) is 214 Å². The number of halogens is 6. The smallest absolute Gasteiger partial charge is 1.00 e. The number of carbonyl (C=O) groups excluding carboxylic acids is 1. The fraction of sp³-hybridized carbons (Fsp3) is 0.587. The number of benzene rings is 6. The van der Waals surface area contributed by atoms with E-state index in [0.29, 0.717) is 25.5 Å². The fourth-order valence-electron chi connectivity index (χ4n) is 27.4. The number of rotatable bonds is 1. The van der Waals surface area contributed by atoms with Crippen molar-refractivity contribution in [1.29, 1.82) is 0 Å². The number of nitrogens with zero attached hydrogens (tertiary/aromatic N) is 5. The molecule has 15 aliphatic rings. The largest absolute Gasteiger partial charge is 1.00 e. The van der Waals surface area contributed by atoms with Gasteiger partial charge in [-0.3, -0.25) is 19.5 Å². The number of fused-ring (bicyclic) bond motifs is 26. The first-order chi connectivity index (χ1) is 56.8. The molecular weight excluding hydrogens is 1960 g/mol. The van der Waals surface area contributed by atoms with Crippen molar-refractivity contribution in [2.75, 3.05) is 27.7 Å².